The Morgan fingerprint density at radius 2 is 2.03 bits per heavy atom. The standard InChI is InChI=1S/C15H11F2N3O3S.C8H15N.H2/c16-9-5-10(17)15-11(6-9)19-7-12(15)24(22,23)8-14(21)20-13-3-1-2-4-18-13;1-4-8(3)6-7-9-5-2;/h1-7,19H,8H2,(H,18,20,21);6-7H,4-5H2,1-3H3;1H/b;8-6-,9-7?;. The number of anilines is 1. The number of aromatic amines is 1. The molecular weight excluding hydrogens is 450 g/mol. The number of nitrogens with zero attached hydrogens (tertiary/aromatic N) is 2. The second-order valence-corrected chi connectivity index (χ2v) is 8.96. The summed E-state index contributed by atoms with van der Waals surface area (Å²) in [7, 11) is -4.13. The molecule has 3 aromatic rings. The lowest BCUT2D eigenvalue weighted by atomic mass is 10.2. The van der Waals surface area contributed by atoms with Gasteiger partial charge in [0.15, 0.2) is 9.84 Å². The van der Waals surface area contributed by atoms with Crippen molar-refractivity contribution in [3.05, 3.63) is 66.0 Å². The van der Waals surface area contributed by atoms with E-state index in [-0.39, 0.29) is 18.1 Å². The molecule has 33 heavy (non-hydrogen) atoms. The third-order valence-electron chi connectivity index (χ3n) is 4.45. The second kappa shape index (κ2) is 12.0. The Kier molecular flexibility index (Phi) is 9.41. The number of pyridine rings is 1. The minimum absolute atomic E-state index is 0. The summed E-state index contributed by atoms with van der Waals surface area (Å²) >= 11 is 0. The van der Waals surface area contributed by atoms with Crippen molar-refractivity contribution >= 4 is 38.7 Å². The fourth-order valence-electron chi connectivity index (χ4n) is 2.67. The summed E-state index contributed by atoms with van der Waals surface area (Å²) < 4.78 is 51.9. The molecule has 0 aliphatic heterocycles. The Balaban J connectivity index is 0.000000496. The smallest absolute Gasteiger partial charge is 0.241 e. The third-order valence-corrected chi connectivity index (χ3v) is 6.09. The molecule has 0 bridgehead atoms. The maximum absolute atomic E-state index is 13.9. The van der Waals surface area contributed by atoms with Gasteiger partial charge in [-0.1, -0.05) is 18.6 Å². The van der Waals surface area contributed by atoms with Crippen LogP contribution >= 0.6 is 0 Å². The van der Waals surface area contributed by atoms with Crippen LogP contribution in [0, 0.1) is 11.6 Å². The minimum Gasteiger partial charge on any atom is -0.360 e. The van der Waals surface area contributed by atoms with Crippen molar-refractivity contribution in [1.82, 2.24) is 9.97 Å². The van der Waals surface area contributed by atoms with Gasteiger partial charge in [0.1, 0.15) is 23.2 Å². The highest BCUT2D eigenvalue weighted by Gasteiger charge is 2.25. The summed E-state index contributed by atoms with van der Waals surface area (Å²) in [4.78, 5) is 21.9. The number of hydrogen-bond acceptors (Lipinski definition) is 5. The van der Waals surface area contributed by atoms with Gasteiger partial charge in [0.2, 0.25) is 5.91 Å². The number of nitrogens with one attached hydrogen (secondary N) is 2. The van der Waals surface area contributed by atoms with Gasteiger partial charge in [-0.15, -0.1) is 0 Å². The topological polar surface area (TPSA) is 104 Å². The number of carbonyl (C=O) groups is 1. The first-order valence-electron chi connectivity index (χ1n) is 10.2. The Morgan fingerprint density at radius 3 is 2.67 bits per heavy atom. The zero-order valence-electron chi connectivity index (χ0n) is 18.6. The predicted octanol–water partition coefficient (Wildman–Crippen LogP) is 4.93. The molecule has 1 aromatic carbocycles. The van der Waals surface area contributed by atoms with Crippen molar-refractivity contribution in [3.63, 3.8) is 0 Å². The molecule has 3 rings (SSSR count). The summed E-state index contributed by atoms with van der Waals surface area (Å²) in [5.41, 5.74) is 1.38. The molecule has 7 nitrogen and oxygen atoms in total. The van der Waals surface area contributed by atoms with E-state index in [4.69, 9.17) is 0 Å². The van der Waals surface area contributed by atoms with E-state index in [0.717, 1.165) is 25.2 Å². The lowest BCUT2D eigenvalue weighted by molar-refractivity contribution is -0.113. The van der Waals surface area contributed by atoms with Crippen molar-refractivity contribution in [2.45, 2.75) is 32.1 Å². The first kappa shape index (κ1) is 25.9. The number of aromatic nitrogens is 2. The van der Waals surface area contributed by atoms with E-state index in [9.17, 15) is 22.0 Å². The van der Waals surface area contributed by atoms with Crippen molar-refractivity contribution < 1.29 is 23.4 Å². The molecule has 2 heterocycles. The van der Waals surface area contributed by atoms with Gasteiger partial charge in [-0.25, -0.2) is 22.2 Å². The monoisotopic (exact) mass is 478 g/mol. The van der Waals surface area contributed by atoms with Gasteiger partial charge in [0.05, 0.1) is 15.8 Å². The normalized spacial score (nSPS) is 12.0. The Labute approximate surface area is 193 Å². The highest BCUT2D eigenvalue weighted by Crippen LogP contribution is 2.27. The van der Waals surface area contributed by atoms with Gasteiger partial charge in [-0.05, 0) is 44.5 Å². The number of benzene rings is 1. The summed E-state index contributed by atoms with van der Waals surface area (Å²) in [5.74, 6) is -3.36. The SMILES string of the molecule is CCN=C/C=C(/C)CC.O=C(CS(=O)(=O)c1c[nH]c2cc(F)cc(F)c12)Nc1ccccn1.[HH]. The first-order chi connectivity index (χ1) is 15.7. The molecule has 1 amide bonds. The zero-order valence-corrected chi connectivity index (χ0v) is 19.4. The average molecular weight is 479 g/mol. The van der Waals surface area contributed by atoms with Crippen molar-refractivity contribution in [1.29, 1.82) is 0 Å². The molecule has 0 unspecified atom stereocenters. The largest absolute Gasteiger partial charge is 0.360 e. The van der Waals surface area contributed by atoms with Crippen LogP contribution in [0.25, 0.3) is 10.9 Å². The number of fused-ring (bicyclic) bond motifs is 1. The fraction of sp³-hybridized carbons (Fsp3) is 0.261. The predicted molar refractivity (Wildman–Crippen MR) is 128 cm³/mol. The van der Waals surface area contributed by atoms with Crippen LogP contribution in [0.2, 0.25) is 0 Å². The number of rotatable bonds is 7. The summed E-state index contributed by atoms with van der Waals surface area (Å²) in [5, 5.41) is 2.06. The molecule has 0 fully saturated rings. The van der Waals surface area contributed by atoms with Crippen LogP contribution in [0.5, 0.6) is 0 Å². The quantitative estimate of drug-likeness (QED) is 0.470. The third kappa shape index (κ3) is 7.60. The van der Waals surface area contributed by atoms with E-state index in [0.29, 0.717) is 6.07 Å². The Morgan fingerprint density at radius 1 is 1.27 bits per heavy atom. The second-order valence-electron chi connectivity index (χ2n) is 7.00. The van der Waals surface area contributed by atoms with E-state index >= 15 is 0 Å². The molecule has 0 aliphatic rings. The molecule has 0 radical (unpaired) electrons. The Bertz CT molecular complexity index is 1260. The number of hydrogen-bond donors (Lipinski definition) is 2. The van der Waals surface area contributed by atoms with Gasteiger partial charge in [0.25, 0.3) is 0 Å². The number of carbonyl (C=O) groups excluding carboxylic acids is 1. The van der Waals surface area contributed by atoms with E-state index in [2.05, 4.69) is 40.2 Å². The molecule has 2 aromatic heterocycles. The van der Waals surface area contributed by atoms with Crippen molar-refractivity contribution in [3.8, 4) is 0 Å². The number of H-pyrrole nitrogens is 1. The van der Waals surface area contributed by atoms with Gasteiger partial charge < -0.3 is 10.3 Å². The zero-order chi connectivity index (χ0) is 24.4. The number of amides is 1. The molecule has 178 valence electrons. The summed E-state index contributed by atoms with van der Waals surface area (Å²) in [6.07, 6.45) is 7.53. The number of aliphatic imine (C=N–C) groups is 1. The van der Waals surface area contributed by atoms with Crippen LogP contribution in [0.15, 0.2) is 64.3 Å². The molecule has 0 aliphatic carbocycles. The van der Waals surface area contributed by atoms with E-state index in [1.54, 1.807) is 12.1 Å². The van der Waals surface area contributed by atoms with Gasteiger partial charge in [-0.2, -0.15) is 0 Å². The number of sulfone groups is 1. The fourth-order valence-corrected chi connectivity index (χ4v) is 4.00. The van der Waals surface area contributed by atoms with E-state index in [1.807, 2.05) is 13.1 Å². The van der Waals surface area contributed by atoms with Gasteiger partial charge in [-0.3, -0.25) is 9.79 Å². The summed E-state index contributed by atoms with van der Waals surface area (Å²) in [6.45, 7) is 7.17. The van der Waals surface area contributed by atoms with Crippen molar-refractivity contribution in [2.24, 2.45) is 4.99 Å². The molecular formula is C23H28F2N4O3S. The van der Waals surface area contributed by atoms with Crippen LogP contribution in [-0.4, -0.2) is 42.8 Å². The van der Waals surface area contributed by atoms with Gasteiger partial charge >= 0.3 is 0 Å². The summed E-state index contributed by atoms with van der Waals surface area (Å²) in [6, 6.07) is 6.33. The van der Waals surface area contributed by atoms with Gasteiger partial charge in [0, 0.05) is 32.6 Å². The Hall–Kier alpha value is -3.40. The van der Waals surface area contributed by atoms with Crippen molar-refractivity contribution in [2.75, 3.05) is 17.6 Å². The van der Waals surface area contributed by atoms with Crippen LogP contribution in [-0.2, 0) is 14.6 Å². The molecule has 0 spiro atoms. The molecule has 0 saturated carbocycles. The van der Waals surface area contributed by atoms with Crippen LogP contribution in [0.1, 0.15) is 28.6 Å². The maximum Gasteiger partial charge on any atom is 0.241 e. The highest BCUT2D eigenvalue weighted by atomic mass is 32.2. The average Bonchev–Trinajstić information content (AvgIpc) is 3.20. The highest BCUT2D eigenvalue weighted by molar-refractivity contribution is 7.92. The minimum atomic E-state index is -4.13. The molecule has 0 saturated heterocycles. The molecule has 0 atom stereocenters. The first-order valence-corrected chi connectivity index (χ1v) is 11.9. The number of allylic oxidation sites excluding steroid dienone is 2. The lowest BCUT2D eigenvalue weighted by Gasteiger charge is -2.05. The maximum atomic E-state index is 13.9. The van der Waals surface area contributed by atoms with E-state index in [1.165, 1.54) is 17.8 Å². The molecule has 2 N–H and O–H groups in total. The molecule has 10 heteroatoms. The van der Waals surface area contributed by atoms with Crippen LogP contribution in [0.3, 0.4) is 0 Å². The number of halogens is 2. The van der Waals surface area contributed by atoms with E-state index < -0.39 is 38.0 Å². The van der Waals surface area contributed by atoms with Crippen LogP contribution < -0.4 is 5.32 Å². The lowest BCUT2D eigenvalue weighted by Crippen LogP contribution is -2.23. The van der Waals surface area contributed by atoms with Crippen LogP contribution in [0.4, 0.5) is 14.6 Å².